The number of furan rings is 1. The molecule has 4 nitrogen and oxygen atoms in total. The molecule has 2 bridgehead atoms. The quantitative estimate of drug-likeness (QED) is 0.848. The third-order valence-corrected chi connectivity index (χ3v) is 6.13. The van der Waals surface area contributed by atoms with Crippen molar-refractivity contribution in [1.82, 2.24) is 4.90 Å². The molecular weight excluding hydrogens is 314 g/mol. The SMILES string of the molecule is C=C[C@H]1C2Cc3ccc(O)cc3[C@]1(C)CCN2C(=O)c1occc1C. The number of hydrogen-bond acceptors (Lipinski definition) is 3. The third-order valence-electron chi connectivity index (χ3n) is 6.13. The minimum Gasteiger partial charge on any atom is -0.508 e. The van der Waals surface area contributed by atoms with Gasteiger partial charge in [0.15, 0.2) is 5.76 Å². The first-order chi connectivity index (χ1) is 12.0. The number of nitrogens with zero attached hydrogens (tertiary/aromatic N) is 1. The highest BCUT2D eigenvalue weighted by Gasteiger charge is 2.51. The van der Waals surface area contributed by atoms with Gasteiger partial charge in [-0.25, -0.2) is 0 Å². The normalized spacial score (nSPS) is 27.7. The van der Waals surface area contributed by atoms with Crippen LogP contribution in [0.4, 0.5) is 0 Å². The van der Waals surface area contributed by atoms with Crippen molar-refractivity contribution >= 4 is 5.91 Å². The van der Waals surface area contributed by atoms with Crippen LogP contribution in [0, 0.1) is 12.8 Å². The van der Waals surface area contributed by atoms with E-state index in [1.807, 2.05) is 36.1 Å². The number of fused-ring (bicyclic) bond motifs is 4. The molecular formula is C21H23NO3. The second-order valence-corrected chi connectivity index (χ2v) is 7.47. The van der Waals surface area contributed by atoms with Crippen molar-refractivity contribution < 1.29 is 14.3 Å². The number of carbonyl (C=O) groups is 1. The number of carbonyl (C=O) groups excluding carboxylic acids is 1. The molecule has 2 aromatic rings. The molecule has 3 atom stereocenters. The van der Waals surface area contributed by atoms with E-state index in [-0.39, 0.29) is 23.3 Å². The van der Waals surface area contributed by atoms with E-state index in [1.165, 1.54) is 11.1 Å². The highest BCUT2D eigenvalue weighted by molar-refractivity contribution is 5.93. The summed E-state index contributed by atoms with van der Waals surface area (Å²) >= 11 is 0. The van der Waals surface area contributed by atoms with Crippen LogP contribution in [0.3, 0.4) is 0 Å². The zero-order chi connectivity index (χ0) is 17.8. The van der Waals surface area contributed by atoms with Gasteiger partial charge in [-0.05, 0) is 49.1 Å². The van der Waals surface area contributed by atoms with E-state index in [1.54, 1.807) is 12.3 Å². The molecule has 0 spiro atoms. The molecule has 0 saturated carbocycles. The van der Waals surface area contributed by atoms with E-state index < -0.39 is 0 Å². The minimum absolute atomic E-state index is 0.0383. The number of likely N-dealkylation sites (tertiary alicyclic amines) is 1. The second-order valence-electron chi connectivity index (χ2n) is 7.47. The first-order valence-electron chi connectivity index (χ1n) is 8.75. The molecule has 1 aromatic heterocycles. The number of phenols is 1. The number of benzene rings is 1. The highest BCUT2D eigenvalue weighted by atomic mass is 16.3. The van der Waals surface area contributed by atoms with Crippen LogP contribution in [0.5, 0.6) is 5.75 Å². The molecule has 1 aliphatic heterocycles. The summed E-state index contributed by atoms with van der Waals surface area (Å²) in [5.41, 5.74) is 3.15. The Morgan fingerprint density at radius 3 is 2.92 bits per heavy atom. The van der Waals surface area contributed by atoms with E-state index in [0.717, 1.165) is 18.4 Å². The van der Waals surface area contributed by atoms with E-state index in [4.69, 9.17) is 4.42 Å². The molecule has 4 rings (SSSR count). The van der Waals surface area contributed by atoms with Crippen molar-refractivity contribution in [1.29, 1.82) is 0 Å². The predicted octanol–water partition coefficient (Wildman–Crippen LogP) is 3.82. The summed E-state index contributed by atoms with van der Waals surface area (Å²) in [4.78, 5) is 15.0. The molecule has 0 radical (unpaired) electrons. The molecule has 1 N–H and O–H groups in total. The van der Waals surface area contributed by atoms with Crippen LogP contribution in [0.25, 0.3) is 0 Å². The number of aromatic hydroxyl groups is 1. The Balaban J connectivity index is 1.78. The summed E-state index contributed by atoms with van der Waals surface area (Å²) in [6.45, 7) is 8.86. The Labute approximate surface area is 147 Å². The lowest BCUT2D eigenvalue weighted by Crippen LogP contribution is -2.59. The van der Waals surface area contributed by atoms with Gasteiger partial charge >= 0.3 is 0 Å². The fourth-order valence-corrected chi connectivity index (χ4v) is 4.75. The van der Waals surface area contributed by atoms with Crippen molar-refractivity contribution in [2.75, 3.05) is 6.54 Å². The smallest absolute Gasteiger partial charge is 0.290 e. The molecule has 130 valence electrons. The first kappa shape index (κ1) is 16.0. The summed E-state index contributed by atoms with van der Waals surface area (Å²) in [6, 6.07) is 7.49. The number of phenolic OH excluding ortho intramolecular Hbond substituents is 1. The Kier molecular flexibility index (Phi) is 3.53. The Hall–Kier alpha value is -2.49. The number of rotatable bonds is 2. The summed E-state index contributed by atoms with van der Waals surface area (Å²) in [5.74, 6) is 0.840. The zero-order valence-electron chi connectivity index (χ0n) is 14.7. The van der Waals surface area contributed by atoms with Crippen LogP contribution >= 0.6 is 0 Å². The summed E-state index contributed by atoms with van der Waals surface area (Å²) < 4.78 is 5.45. The van der Waals surface area contributed by atoms with Gasteiger partial charge in [0.2, 0.25) is 0 Å². The molecule has 1 aliphatic carbocycles. The molecule has 1 saturated heterocycles. The fraction of sp³-hybridized carbons (Fsp3) is 0.381. The monoisotopic (exact) mass is 337 g/mol. The van der Waals surface area contributed by atoms with Gasteiger partial charge in [-0.15, -0.1) is 6.58 Å². The van der Waals surface area contributed by atoms with Crippen LogP contribution in [0.15, 0.2) is 47.6 Å². The van der Waals surface area contributed by atoms with E-state index in [0.29, 0.717) is 18.1 Å². The maximum Gasteiger partial charge on any atom is 0.290 e. The molecule has 2 aliphatic rings. The average Bonchev–Trinajstić information content (AvgIpc) is 3.01. The average molecular weight is 337 g/mol. The number of hydrogen-bond donors (Lipinski definition) is 1. The summed E-state index contributed by atoms with van der Waals surface area (Å²) in [6.07, 6.45) is 5.15. The molecule has 1 amide bonds. The minimum atomic E-state index is -0.117. The van der Waals surface area contributed by atoms with Crippen molar-refractivity contribution in [3.63, 3.8) is 0 Å². The van der Waals surface area contributed by atoms with Crippen LogP contribution in [0.2, 0.25) is 0 Å². The molecule has 25 heavy (non-hydrogen) atoms. The summed E-state index contributed by atoms with van der Waals surface area (Å²) in [7, 11) is 0. The van der Waals surface area contributed by atoms with Gasteiger partial charge in [0.05, 0.1) is 6.26 Å². The van der Waals surface area contributed by atoms with Crippen LogP contribution in [-0.4, -0.2) is 28.5 Å². The molecule has 1 unspecified atom stereocenters. The third kappa shape index (κ3) is 2.24. The van der Waals surface area contributed by atoms with Gasteiger partial charge in [0, 0.05) is 29.5 Å². The van der Waals surface area contributed by atoms with E-state index in [2.05, 4.69) is 13.5 Å². The van der Waals surface area contributed by atoms with Crippen molar-refractivity contribution in [3.05, 3.63) is 65.6 Å². The Bertz CT molecular complexity index is 853. The van der Waals surface area contributed by atoms with Gasteiger partial charge in [-0.1, -0.05) is 19.1 Å². The predicted molar refractivity (Wildman–Crippen MR) is 95.7 cm³/mol. The van der Waals surface area contributed by atoms with Gasteiger partial charge in [-0.2, -0.15) is 0 Å². The standard InChI is InChI=1S/C21H23NO3/c1-4-16-18-11-14-5-6-15(23)12-17(14)21(16,3)8-9-22(18)20(24)19-13(2)7-10-25-19/h4-7,10,12,16,18,23H,1,8-9,11H2,2-3H3/t16-,18?,21+/m0/s1. The lowest BCUT2D eigenvalue weighted by atomic mass is 9.58. The Morgan fingerprint density at radius 2 is 2.24 bits per heavy atom. The van der Waals surface area contributed by atoms with Crippen molar-refractivity contribution in [2.45, 2.75) is 38.1 Å². The lowest BCUT2D eigenvalue weighted by molar-refractivity contribution is 0.0299. The largest absolute Gasteiger partial charge is 0.508 e. The van der Waals surface area contributed by atoms with Crippen molar-refractivity contribution in [2.24, 2.45) is 5.92 Å². The Morgan fingerprint density at radius 1 is 1.44 bits per heavy atom. The fourth-order valence-electron chi connectivity index (χ4n) is 4.75. The molecule has 1 aromatic carbocycles. The van der Waals surface area contributed by atoms with Gasteiger partial charge < -0.3 is 14.4 Å². The van der Waals surface area contributed by atoms with Gasteiger partial charge in [-0.3, -0.25) is 4.79 Å². The highest BCUT2D eigenvalue weighted by Crippen LogP contribution is 2.50. The lowest BCUT2D eigenvalue weighted by Gasteiger charge is -2.54. The van der Waals surface area contributed by atoms with Crippen molar-refractivity contribution in [3.8, 4) is 5.75 Å². The number of piperidine rings is 1. The maximum absolute atomic E-state index is 13.1. The van der Waals surface area contributed by atoms with E-state index in [9.17, 15) is 9.90 Å². The van der Waals surface area contributed by atoms with Gasteiger partial charge in [0.1, 0.15) is 5.75 Å². The number of amides is 1. The van der Waals surface area contributed by atoms with Crippen LogP contribution < -0.4 is 0 Å². The first-order valence-corrected chi connectivity index (χ1v) is 8.75. The van der Waals surface area contributed by atoms with E-state index >= 15 is 0 Å². The molecule has 1 fully saturated rings. The topological polar surface area (TPSA) is 53.7 Å². The zero-order valence-corrected chi connectivity index (χ0v) is 14.7. The van der Waals surface area contributed by atoms with Gasteiger partial charge in [0.25, 0.3) is 5.91 Å². The number of aryl methyl sites for hydroxylation is 1. The molecule has 2 heterocycles. The molecule has 4 heteroatoms. The summed E-state index contributed by atoms with van der Waals surface area (Å²) in [5, 5.41) is 9.95. The van der Waals surface area contributed by atoms with Crippen LogP contribution in [0.1, 0.15) is 40.6 Å². The maximum atomic E-state index is 13.1. The van der Waals surface area contributed by atoms with Crippen LogP contribution in [-0.2, 0) is 11.8 Å². The second kappa shape index (κ2) is 5.51.